The van der Waals surface area contributed by atoms with Crippen LogP contribution in [0.15, 0.2) is 24.3 Å². The van der Waals surface area contributed by atoms with E-state index in [4.69, 9.17) is 10.5 Å². The van der Waals surface area contributed by atoms with Crippen molar-refractivity contribution in [3.05, 3.63) is 35.6 Å². The van der Waals surface area contributed by atoms with Crippen LogP contribution >= 0.6 is 0 Å². The van der Waals surface area contributed by atoms with Gasteiger partial charge in [-0.2, -0.15) is 0 Å². The first-order valence-electron chi connectivity index (χ1n) is 5.10. The second-order valence-electron chi connectivity index (χ2n) is 4.21. The summed E-state index contributed by atoms with van der Waals surface area (Å²) in [5.74, 6) is -0.777. The predicted octanol–water partition coefficient (Wildman–Crippen LogP) is 1.65. The summed E-state index contributed by atoms with van der Waals surface area (Å²) in [4.78, 5) is 11.1. The average Bonchev–Trinajstić information content (AvgIpc) is 2.20. The molecule has 0 fully saturated rings. The van der Waals surface area contributed by atoms with Crippen molar-refractivity contribution in [1.82, 2.24) is 0 Å². The van der Waals surface area contributed by atoms with Crippen molar-refractivity contribution in [1.29, 1.82) is 0 Å². The summed E-state index contributed by atoms with van der Waals surface area (Å²) in [7, 11) is 0. The normalized spacial score (nSPS) is 11.2. The molecule has 0 unspecified atom stereocenters. The quantitative estimate of drug-likeness (QED) is 0.793. The van der Waals surface area contributed by atoms with Gasteiger partial charge in [-0.1, -0.05) is 18.2 Å². The molecule has 0 aliphatic rings. The smallest absolute Gasteiger partial charge is 0.320 e. The predicted molar refractivity (Wildman–Crippen MR) is 59.3 cm³/mol. The molecular weight excluding hydrogens is 209 g/mol. The molecule has 88 valence electrons. The monoisotopic (exact) mass is 225 g/mol. The van der Waals surface area contributed by atoms with Gasteiger partial charge < -0.3 is 10.5 Å². The molecule has 2 N–H and O–H groups in total. The molecule has 0 amide bonds. The van der Waals surface area contributed by atoms with Crippen molar-refractivity contribution in [3.63, 3.8) is 0 Å². The van der Waals surface area contributed by atoms with Crippen molar-refractivity contribution in [3.8, 4) is 0 Å². The first-order chi connectivity index (χ1) is 7.44. The molecule has 0 aliphatic carbocycles. The second kappa shape index (κ2) is 5.07. The number of carbonyl (C=O) groups is 1. The largest absolute Gasteiger partial charge is 0.458 e. The lowest BCUT2D eigenvalue weighted by Crippen LogP contribution is -2.33. The van der Waals surface area contributed by atoms with Gasteiger partial charge in [0.1, 0.15) is 11.4 Å². The van der Waals surface area contributed by atoms with E-state index < -0.39 is 11.6 Å². The fourth-order valence-electron chi connectivity index (χ4n) is 1.49. The highest BCUT2D eigenvalue weighted by Gasteiger charge is 2.24. The van der Waals surface area contributed by atoms with Crippen molar-refractivity contribution >= 4 is 5.97 Å². The third-order valence-electron chi connectivity index (χ3n) is 2.13. The number of esters is 1. The van der Waals surface area contributed by atoms with Crippen molar-refractivity contribution < 1.29 is 13.9 Å². The Morgan fingerprint density at radius 2 is 2.06 bits per heavy atom. The SMILES string of the molecule is CC(C)(Cc1ccccc1F)OC(=O)CN. The van der Waals surface area contributed by atoms with E-state index in [1.807, 2.05) is 0 Å². The first kappa shape index (κ1) is 12.6. The number of rotatable bonds is 4. The van der Waals surface area contributed by atoms with Crippen molar-refractivity contribution in [2.75, 3.05) is 6.54 Å². The van der Waals surface area contributed by atoms with E-state index >= 15 is 0 Å². The van der Waals surface area contributed by atoms with Crippen LogP contribution < -0.4 is 5.73 Å². The Morgan fingerprint density at radius 3 is 2.62 bits per heavy atom. The third-order valence-corrected chi connectivity index (χ3v) is 2.13. The molecule has 0 saturated carbocycles. The van der Waals surface area contributed by atoms with Gasteiger partial charge in [0.2, 0.25) is 0 Å². The lowest BCUT2D eigenvalue weighted by molar-refractivity contribution is -0.154. The molecule has 0 spiro atoms. The molecule has 4 heteroatoms. The fraction of sp³-hybridized carbons (Fsp3) is 0.417. The van der Waals surface area contributed by atoms with Crippen LogP contribution in [0.1, 0.15) is 19.4 Å². The molecule has 0 atom stereocenters. The maximum Gasteiger partial charge on any atom is 0.320 e. The van der Waals surface area contributed by atoms with Gasteiger partial charge >= 0.3 is 5.97 Å². The van der Waals surface area contributed by atoms with E-state index in [9.17, 15) is 9.18 Å². The van der Waals surface area contributed by atoms with Crippen LogP contribution in [-0.2, 0) is 16.0 Å². The molecule has 1 aromatic rings. The van der Waals surface area contributed by atoms with Crippen LogP contribution in [0, 0.1) is 5.82 Å². The summed E-state index contributed by atoms with van der Waals surface area (Å²) >= 11 is 0. The highest BCUT2D eigenvalue weighted by molar-refractivity contribution is 5.71. The van der Waals surface area contributed by atoms with Crippen LogP contribution in [0.4, 0.5) is 4.39 Å². The Kier molecular flexibility index (Phi) is 4.01. The van der Waals surface area contributed by atoms with Crippen LogP contribution in [-0.4, -0.2) is 18.1 Å². The molecule has 0 radical (unpaired) electrons. The van der Waals surface area contributed by atoms with Gasteiger partial charge in [0, 0.05) is 6.42 Å². The molecule has 0 aromatic heterocycles. The van der Waals surface area contributed by atoms with Gasteiger partial charge in [0.15, 0.2) is 0 Å². The summed E-state index contributed by atoms with van der Waals surface area (Å²) in [5.41, 5.74) is 4.93. The molecule has 0 aliphatic heterocycles. The molecule has 0 heterocycles. The number of hydrogen-bond donors (Lipinski definition) is 1. The van der Waals surface area contributed by atoms with Gasteiger partial charge in [-0.25, -0.2) is 4.39 Å². The second-order valence-corrected chi connectivity index (χ2v) is 4.21. The minimum absolute atomic E-state index is 0.166. The molecule has 1 rings (SSSR count). The highest BCUT2D eigenvalue weighted by Crippen LogP contribution is 2.19. The maximum absolute atomic E-state index is 13.4. The van der Waals surface area contributed by atoms with E-state index in [1.54, 1.807) is 32.0 Å². The Balaban J connectivity index is 2.72. The van der Waals surface area contributed by atoms with Crippen LogP contribution in [0.3, 0.4) is 0 Å². The van der Waals surface area contributed by atoms with Gasteiger partial charge in [-0.05, 0) is 25.5 Å². The third kappa shape index (κ3) is 3.62. The van der Waals surface area contributed by atoms with Crippen LogP contribution in [0.25, 0.3) is 0 Å². The number of ether oxygens (including phenoxy) is 1. The van der Waals surface area contributed by atoms with E-state index in [0.717, 1.165) is 0 Å². The number of nitrogens with two attached hydrogens (primary N) is 1. The van der Waals surface area contributed by atoms with E-state index in [-0.39, 0.29) is 12.4 Å². The summed E-state index contributed by atoms with van der Waals surface area (Å²) in [6, 6.07) is 6.43. The molecule has 0 saturated heterocycles. The zero-order chi connectivity index (χ0) is 12.2. The summed E-state index contributed by atoms with van der Waals surface area (Å²) in [5, 5.41) is 0. The maximum atomic E-state index is 13.4. The fourth-order valence-corrected chi connectivity index (χ4v) is 1.49. The lowest BCUT2D eigenvalue weighted by Gasteiger charge is -2.25. The van der Waals surface area contributed by atoms with Gasteiger partial charge in [0.05, 0.1) is 6.54 Å². The molecule has 16 heavy (non-hydrogen) atoms. The number of carbonyl (C=O) groups excluding carboxylic acids is 1. The Bertz CT molecular complexity index is 377. The van der Waals surface area contributed by atoms with Gasteiger partial charge in [-0.15, -0.1) is 0 Å². The Morgan fingerprint density at radius 1 is 1.44 bits per heavy atom. The van der Waals surface area contributed by atoms with E-state index in [0.29, 0.717) is 12.0 Å². The lowest BCUT2D eigenvalue weighted by atomic mass is 9.98. The van der Waals surface area contributed by atoms with E-state index in [1.165, 1.54) is 6.07 Å². The van der Waals surface area contributed by atoms with Gasteiger partial charge in [-0.3, -0.25) is 4.79 Å². The first-order valence-corrected chi connectivity index (χ1v) is 5.10. The minimum atomic E-state index is -0.751. The minimum Gasteiger partial charge on any atom is -0.458 e. The molecular formula is C12H16FNO2. The van der Waals surface area contributed by atoms with Gasteiger partial charge in [0.25, 0.3) is 0 Å². The number of hydrogen-bond acceptors (Lipinski definition) is 3. The molecule has 1 aromatic carbocycles. The number of benzene rings is 1. The summed E-state index contributed by atoms with van der Waals surface area (Å²) in [6.45, 7) is 3.29. The molecule has 3 nitrogen and oxygen atoms in total. The van der Waals surface area contributed by atoms with E-state index in [2.05, 4.69) is 0 Å². The Labute approximate surface area is 94.4 Å². The van der Waals surface area contributed by atoms with Crippen LogP contribution in [0.5, 0.6) is 0 Å². The number of halogens is 1. The standard InChI is InChI=1S/C12H16FNO2/c1-12(2,16-11(15)8-14)7-9-5-3-4-6-10(9)13/h3-6H,7-8,14H2,1-2H3. The summed E-state index contributed by atoms with van der Waals surface area (Å²) < 4.78 is 18.5. The zero-order valence-corrected chi connectivity index (χ0v) is 9.50. The van der Waals surface area contributed by atoms with Crippen molar-refractivity contribution in [2.45, 2.75) is 25.9 Å². The average molecular weight is 225 g/mol. The zero-order valence-electron chi connectivity index (χ0n) is 9.50. The van der Waals surface area contributed by atoms with Crippen molar-refractivity contribution in [2.24, 2.45) is 5.73 Å². The Hall–Kier alpha value is -1.42. The molecule has 0 bridgehead atoms. The highest BCUT2D eigenvalue weighted by atomic mass is 19.1. The van der Waals surface area contributed by atoms with Crippen LogP contribution in [0.2, 0.25) is 0 Å². The topological polar surface area (TPSA) is 52.3 Å². The summed E-state index contributed by atoms with van der Waals surface area (Å²) in [6.07, 6.45) is 0.325.